The maximum Gasteiger partial charge on any atom is 0.573 e. The molecule has 160 valence electrons. The second-order valence-corrected chi connectivity index (χ2v) is 13.3. The van der Waals surface area contributed by atoms with Crippen molar-refractivity contribution in [3.05, 3.63) is 54.1 Å². The molecule has 0 heterocycles. The van der Waals surface area contributed by atoms with Crippen molar-refractivity contribution in [1.82, 2.24) is 0 Å². The van der Waals surface area contributed by atoms with Gasteiger partial charge in [0.25, 0.3) is 0 Å². The van der Waals surface area contributed by atoms with Crippen LogP contribution in [0.5, 0.6) is 11.5 Å². The first-order chi connectivity index (χ1) is 13.3. The van der Waals surface area contributed by atoms with Gasteiger partial charge in [0.2, 0.25) is 8.32 Å². The molecule has 3 nitrogen and oxygen atoms in total. The fraction of sp³-hybridized carbons (Fsp3) is 0.455. The Morgan fingerprint density at radius 2 is 1.55 bits per heavy atom. The number of benzene rings is 2. The van der Waals surface area contributed by atoms with Gasteiger partial charge in [-0.3, -0.25) is 0 Å². The van der Waals surface area contributed by atoms with Gasteiger partial charge in [0.1, 0.15) is 11.5 Å². The van der Waals surface area contributed by atoms with Crippen LogP contribution in [0.2, 0.25) is 18.1 Å². The Balaban J connectivity index is 2.19. The Hall–Kier alpha value is -2.15. The third-order valence-electron chi connectivity index (χ3n) is 5.25. The molecule has 0 fully saturated rings. The number of anilines is 1. The highest BCUT2D eigenvalue weighted by atomic mass is 28.4. The van der Waals surface area contributed by atoms with Crippen LogP contribution < -0.4 is 14.1 Å². The molecule has 0 saturated carbocycles. The van der Waals surface area contributed by atoms with Crippen molar-refractivity contribution >= 4 is 14.0 Å². The molecule has 0 bridgehead atoms. The summed E-state index contributed by atoms with van der Waals surface area (Å²) in [5, 5.41) is 0.0946. The SMILES string of the molecule is CCN(Cc1cccc(O[Si](C)(C)C(C)(C)C)c1)c1cccc(OC(F)(F)F)c1. The third-order valence-corrected chi connectivity index (χ3v) is 9.61. The molecule has 0 aliphatic heterocycles. The van der Waals surface area contributed by atoms with Crippen LogP contribution in [-0.2, 0) is 6.54 Å². The lowest BCUT2D eigenvalue weighted by Gasteiger charge is -2.36. The molecule has 2 aromatic carbocycles. The minimum absolute atomic E-state index is 0.0946. The predicted molar refractivity (Wildman–Crippen MR) is 114 cm³/mol. The van der Waals surface area contributed by atoms with E-state index in [0.717, 1.165) is 11.3 Å². The Bertz CT molecular complexity index is 816. The average Bonchev–Trinajstić information content (AvgIpc) is 2.57. The number of hydrogen-bond acceptors (Lipinski definition) is 3. The Kier molecular flexibility index (Phi) is 6.93. The standard InChI is InChI=1S/C22H30F3NO2Si/c1-7-26(18-11-9-12-19(15-18)27-22(23,24)25)16-17-10-8-13-20(14-17)28-29(5,6)21(2,3)4/h8-15H,7,16H2,1-6H3. The molecule has 0 radical (unpaired) electrons. The topological polar surface area (TPSA) is 21.7 Å². The van der Waals surface area contributed by atoms with Gasteiger partial charge in [-0.1, -0.05) is 39.0 Å². The van der Waals surface area contributed by atoms with E-state index in [9.17, 15) is 13.2 Å². The summed E-state index contributed by atoms with van der Waals surface area (Å²) >= 11 is 0. The molecule has 2 rings (SSSR count). The van der Waals surface area contributed by atoms with Crippen molar-refractivity contribution in [2.75, 3.05) is 11.4 Å². The van der Waals surface area contributed by atoms with E-state index in [1.165, 1.54) is 12.1 Å². The van der Waals surface area contributed by atoms with E-state index >= 15 is 0 Å². The zero-order valence-electron chi connectivity index (χ0n) is 17.9. The molecule has 0 aliphatic carbocycles. The molecule has 0 aromatic heterocycles. The maximum absolute atomic E-state index is 12.5. The Morgan fingerprint density at radius 1 is 0.931 bits per heavy atom. The number of alkyl halides is 3. The van der Waals surface area contributed by atoms with Gasteiger partial charge in [-0.15, -0.1) is 13.2 Å². The zero-order chi connectivity index (χ0) is 21.9. The highest BCUT2D eigenvalue weighted by Gasteiger charge is 2.39. The van der Waals surface area contributed by atoms with Crippen molar-refractivity contribution in [3.63, 3.8) is 0 Å². The number of hydrogen-bond donors (Lipinski definition) is 0. The van der Waals surface area contributed by atoms with Gasteiger partial charge >= 0.3 is 6.36 Å². The first-order valence-electron chi connectivity index (χ1n) is 9.69. The first kappa shape index (κ1) is 23.1. The number of nitrogens with zero attached hydrogens (tertiary/aromatic N) is 1. The van der Waals surface area contributed by atoms with Crippen LogP contribution in [-0.4, -0.2) is 21.2 Å². The molecule has 0 saturated heterocycles. The molecular weight excluding hydrogens is 395 g/mol. The van der Waals surface area contributed by atoms with E-state index in [0.29, 0.717) is 18.8 Å². The van der Waals surface area contributed by atoms with E-state index in [4.69, 9.17) is 4.43 Å². The van der Waals surface area contributed by atoms with E-state index < -0.39 is 14.7 Å². The molecule has 0 atom stereocenters. The van der Waals surface area contributed by atoms with Crippen LogP contribution in [0.3, 0.4) is 0 Å². The summed E-state index contributed by atoms with van der Waals surface area (Å²) in [6, 6.07) is 14.0. The fourth-order valence-electron chi connectivity index (χ4n) is 2.64. The van der Waals surface area contributed by atoms with Crippen LogP contribution in [0.25, 0.3) is 0 Å². The first-order valence-corrected chi connectivity index (χ1v) is 12.6. The minimum Gasteiger partial charge on any atom is -0.543 e. The summed E-state index contributed by atoms with van der Waals surface area (Å²) in [7, 11) is -1.95. The molecule has 0 amide bonds. The summed E-state index contributed by atoms with van der Waals surface area (Å²) < 4.78 is 48.0. The van der Waals surface area contributed by atoms with Gasteiger partial charge < -0.3 is 14.1 Å². The number of ether oxygens (including phenoxy) is 1. The van der Waals surface area contributed by atoms with Crippen molar-refractivity contribution < 1.29 is 22.3 Å². The molecule has 0 N–H and O–H groups in total. The van der Waals surface area contributed by atoms with Gasteiger partial charge in [-0.05, 0) is 54.9 Å². The maximum atomic E-state index is 12.5. The van der Waals surface area contributed by atoms with Gasteiger partial charge in [0, 0.05) is 24.8 Å². The summed E-state index contributed by atoms with van der Waals surface area (Å²) in [4.78, 5) is 1.99. The van der Waals surface area contributed by atoms with Crippen molar-refractivity contribution in [1.29, 1.82) is 0 Å². The molecule has 29 heavy (non-hydrogen) atoms. The highest BCUT2D eigenvalue weighted by molar-refractivity contribution is 6.74. The molecule has 0 aliphatic rings. The second-order valence-electron chi connectivity index (χ2n) is 8.57. The van der Waals surface area contributed by atoms with Crippen LogP contribution in [0.15, 0.2) is 48.5 Å². The van der Waals surface area contributed by atoms with Crippen LogP contribution in [0.1, 0.15) is 33.3 Å². The molecule has 7 heteroatoms. The molecule has 2 aromatic rings. The average molecular weight is 426 g/mol. The fourth-order valence-corrected chi connectivity index (χ4v) is 3.66. The third kappa shape index (κ3) is 6.70. The van der Waals surface area contributed by atoms with Crippen LogP contribution in [0, 0.1) is 0 Å². The van der Waals surface area contributed by atoms with Crippen molar-refractivity contribution in [2.45, 2.75) is 58.7 Å². The minimum atomic E-state index is -4.70. The number of rotatable bonds is 7. The largest absolute Gasteiger partial charge is 0.573 e. The zero-order valence-corrected chi connectivity index (χ0v) is 18.9. The highest BCUT2D eigenvalue weighted by Crippen LogP contribution is 2.37. The normalized spacial score (nSPS) is 12.6. The van der Waals surface area contributed by atoms with Gasteiger partial charge in [-0.2, -0.15) is 0 Å². The van der Waals surface area contributed by atoms with Gasteiger partial charge in [-0.25, -0.2) is 0 Å². The number of halogens is 3. The molecule has 0 unspecified atom stereocenters. The summed E-state index contributed by atoms with van der Waals surface area (Å²) in [6.07, 6.45) is -4.70. The summed E-state index contributed by atoms with van der Waals surface area (Å²) in [6.45, 7) is 14.1. The monoisotopic (exact) mass is 425 g/mol. The van der Waals surface area contributed by atoms with E-state index in [1.54, 1.807) is 12.1 Å². The lowest BCUT2D eigenvalue weighted by atomic mass is 10.2. The van der Waals surface area contributed by atoms with Crippen molar-refractivity contribution in [3.8, 4) is 11.5 Å². The van der Waals surface area contributed by atoms with E-state index in [1.807, 2.05) is 36.1 Å². The Morgan fingerprint density at radius 3 is 2.14 bits per heavy atom. The van der Waals surface area contributed by atoms with E-state index in [2.05, 4.69) is 38.6 Å². The molecule has 0 spiro atoms. The lowest BCUT2D eigenvalue weighted by molar-refractivity contribution is -0.274. The van der Waals surface area contributed by atoms with Gasteiger partial charge in [0.05, 0.1) is 0 Å². The van der Waals surface area contributed by atoms with Gasteiger partial charge in [0.15, 0.2) is 0 Å². The van der Waals surface area contributed by atoms with E-state index in [-0.39, 0.29) is 10.8 Å². The summed E-state index contributed by atoms with van der Waals surface area (Å²) in [5.41, 5.74) is 1.70. The smallest absolute Gasteiger partial charge is 0.543 e. The summed E-state index contributed by atoms with van der Waals surface area (Å²) in [5.74, 6) is 0.614. The quantitative estimate of drug-likeness (QED) is 0.446. The lowest BCUT2D eigenvalue weighted by Crippen LogP contribution is -2.43. The predicted octanol–water partition coefficient (Wildman–Crippen LogP) is 7.00. The van der Waals surface area contributed by atoms with Crippen molar-refractivity contribution in [2.24, 2.45) is 0 Å². The molecular formula is C22H30F3NO2Si. The van der Waals surface area contributed by atoms with Crippen LogP contribution in [0.4, 0.5) is 18.9 Å². The second kappa shape index (κ2) is 8.69. The Labute approximate surface area is 172 Å². The van der Waals surface area contributed by atoms with Crippen LogP contribution >= 0.6 is 0 Å².